The standard InChI is InChI=1S/C14H18N2O/c1-3-7-11(2)16-14(17)10-13(15)12-8-5-4-6-9-12/h1,4-6,8-9,11,13H,7,10,15H2,2H3,(H,16,17). The number of benzene rings is 1. The molecular formula is C14H18N2O. The highest BCUT2D eigenvalue weighted by molar-refractivity contribution is 5.77. The third-order valence-electron chi connectivity index (χ3n) is 2.46. The molecule has 0 spiro atoms. The zero-order valence-electron chi connectivity index (χ0n) is 10.0. The Morgan fingerprint density at radius 2 is 2.12 bits per heavy atom. The topological polar surface area (TPSA) is 55.1 Å². The van der Waals surface area contributed by atoms with Gasteiger partial charge < -0.3 is 11.1 Å². The summed E-state index contributed by atoms with van der Waals surface area (Å²) in [6.45, 7) is 1.88. The fourth-order valence-corrected chi connectivity index (χ4v) is 1.58. The van der Waals surface area contributed by atoms with Crippen LogP contribution in [0, 0.1) is 12.3 Å². The van der Waals surface area contributed by atoms with Crippen molar-refractivity contribution in [3.63, 3.8) is 0 Å². The van der Waals surface area contributed by atoms with Gasteiger partial charge in [-0.05, 0) is 12.5 Å². The Balaban J connectivity index is 2.44. The molecule has 0 aliphatic heterocycles. The molecule has 2 atom stereocenters. The van der Waals surface area contributed by atoms with Gasteiger partial charge in [-0.2, -0.15) is 0 Å². The molecule has 1 aromatic carbocycles. The first-order valence-corrected chi connectivity index (χ1v) is 5.67. The third-order valence-corrected chi connectivity index (χ3v) is 2.46. The van der Waals surface area contributed by atoms with Crippen molar-refractivity contribution in [3.05, 3.63) is 35.9 Å². The summed E-state index contributed by atoms with van der Waals surface area (Å²) in [6.07, 6.45) is 5.98. The second-order valence-corrected chi connectivity index (χ2v) is 4.10. The van der Waals surface area contributed by atoms with Gasteiger partial charge in [-0.1, -0.05) is 30.3 Å². The summed E-state index contributed by atoms with van der Waals surface area (Å²) in [5.74, 6) is 2.45. The molecule has 0 aliphatic carbocycles. The van der Waals surface area contributed by atoms with E-state index in [0.717, 1.165) is 5.56 Å². The van der Waals surface area contributed by atoms with E-state index in [2.05, 4.69) is 11.2 Å². The minimum atomic E-state index is -0.269. The summed E-state index contributed by atoms with van der Waals surface area (Å²) in [5, 5.41) is 2.82. The maximum Gasteiger partial charge on any atom is 0.222 e. The number of terminal acetylenes is 1. The fourth-order valence-electron chi connectivity index (χ4n) is 1.58. The molecule has 17 heavy (non-hydrogen) atoms. The SMILES string of the molecule is C#CCC(C)NC(=O)CC(N)c1ccccc1. The van der Waals surface area contributed by atoms with Gasteiger partial charge in [0.2, 0.25) is 5.91 Å². The summed E-state index contributed by atoms with van der Waals surface area (Å²) >= 11 is 0. The lowest BCUT2D eigenvalue weighted by Gasteiger charge is -2.14. The van der Waals surface area contributed by atoms with Gasteiger partial charge in [-0.15, -0.1) is 12.3 Å². The largest absolute Gasteiger partial charge is 0.353 e. The van der Waals surface area contributed by atoms with Crippen molar-refractivity contribution in [1.82, 2.24) is 5.32 Å². The lowest BCUT2D eigenvalue weighted by molar-refractivity contribution is -0.122. The first-order chi connectivity index (χ1) is 8.13. The van der Waals surface area contributed by atoms with E-state index in [9.17, 15) is 4.79 Å². The number of amides is 1. The van der Waals surface area contributed by atoms with Crippen molar-refractivity contribution >= 4 is 5.91 Å². The smallest absolute Gasteiger partial charge is 0.222 e. The second-order valence-electron chi connectivity index (χ2n) is 4.10. The lowest BCUT2D eigenvalue weighted by Crippen LogP contribution is -2.34. The average Bonchev–Trinajstić information content (AvgIpc) is 2.30. The average molecular weight is 230 g/mol. The summed E-state index contributed by atoms with van der Waals surface area (Å²) < 4.78 is 0. The molecule has 1 amide bonds. The van der Waals surface area contributed by atoms with Crippen LogP contribution in [0.2, 0.25) is 0 Å². The second kappa shape index (κ2) is 6.72. The van der Waals surface area contributed by atoms with Gasteiger partial charge in [0, 0.05) is 24.9 Å². The van der Waals surface area contributed by atoms with Crippen molar-refractivity contribution in [2.24, 2.45) is 5.73 Å². The predicted molar refractivity (Wildman–Crippen MR) is 69.0 cm³/mol. The van der Waals surface area contributed by atoms with E-state index in [0.29, 0.717) is 6.42 Å². The zero-order chi connectivity index (χ0) is 12.7. The van der Waals surface area contributed by atoms with Crippen LogP contribution in [0.4, 0.5) is 0 Å². The maximum atomic E-state index is 11.7. The van der Waals surface area contributed by atoms with Gasteiger partial charge in [0.25, 0.3) is 0 Å². The van der Waals surface area contributed by atoms with Crippen LogP contribution >= 0.6 is 0 Å². The van der Waals surface area contributed by atoms with Gasteiger partial charge in [-0.25, -0.2) is 0 Å². The molecule has 0 saturated heterocycles. The van der Waals surface area contributed by atoms with E-state index in [-0.39, 0.29) is 24.4 Å². The molecule has 0 saturated carbocycles. The molecular weight excluding hydrogens is 212 g/mol. The van der Waals surface area contributed by atoms with Crippen LogP contribution in [0.25, 0.3) is 0 Å². The summed E-state index contributed by atoms with van der Waals surface area (Å²) in [5.41, 5.74) is 6.91. The van der Waals surface area contributed by atoms with Crippen molar-refractivity contribution in [2.75, 3.05) is 0 Å². The van der Waals surface area contributed by atoms with E-state index in [1.54, 1.807) is 0 Å². The fraction of sp³-hybridized carbons (Fsp3) is 0.357. The highest BCUT2D eigenvalue weighted by Gasteiger charge is 2.12. The van der Waals surface area contributed by atoms with E-state index in [4.69, 9.17) is 12.2 Å². The van der Waals surface area contributed by atoms with Gasteiger partial charge >= 0.3 is 0 Å². The molecule has 0 aromatic heterocycles. The molecule has 90 valence electrons. The van der Waals surface area contributed by atoms with Crippen molar-refractivity contribution in [3.8, 4) is 12.3 Å². The van der Waals surface area contributed by atoms with Gasteiger partial charge in [-0.3, -0.25) is 4.79 Å². The van der Waals surface area contributed by atoms with Crippen LogP contribution in [-0.4, -0.2) is 11.9 Å². The molecule has 0 bridgehead atoms. The van der Waals surface area contributed by atoms with Gasteiger partial charge in [0.15, 0.2) is 0 Å². The Kier molecular flexibility index (Phi) is 5.25. The number of nitrogens with one attached hydrogen (secondary N) is 1. The third kappa shape index (κ3) is 4.71. The molecule has 0 radical (unpaired) electrons. The minimum absolute atomic E-state index is 0.00419. The first kappa shape index (κ1) is 13.3. The van der Waals surface area contributed by atoms with Crippen molar-refractivity contribution in [2.45, 2.75) is 31.8 Å². The van der Waals surface area contributed by atoms with Crippen LogP contribution in [0.15, 0.2) is 30.3 Å². The number of rotatable bonds is 5. The Hall–Kier alpha value is -1.79. The number of carbonyl (C=O) groups excluding carboxylic acids is 1. The molecule has 3 heteroatoms. The highest BCUT2D eigenvalue weighted by atomic mass is 16.1. The van der Waals surface area contributed by atoms with Crippen LogP contribution in [0.5, 0.6) is 0 Å². The quantitative estimate of drug-likeness (QED) is 0.755. The Labute approximate surface area is 102 Å². The Morgan fingerprint density at radius 3 is 2.71 bits per heavy atom. The summed E-state index contributed by atoms with van der Waals surface area (Å²) in [6, 6.07) is 9.31. The van der Waals surface area contributed by atoms with Gasteiger partial charge in [0.05, 0.1) is 0 Å². The maximum absolute atomic E-state index is 11.7. The molecule has 3 N–H and O–H groups in total. The van der Waals surface area contributed by atoms with Crippen molar-refractivity contribution < 1.29 is 4.79 Å². The van der Waals surface area contributed by atoms with E-state index in [1.807, 2.05) is 37.3 Å². The molecule has 0 heterocycles. The zero-order valence-corrected chi connectivity index (χ0v) is 10.0. The van der Waals surface area contributed by atoms with Crippen molar-refractivity contribution in [1.29, 1.82) is 0 Å². The Morgan fingerprint density at radius 1 is 1.47 bits per heavy atom. The molecule has 0 aliphatic rings. The number of hydrogen-bond donors (Lipinski definition) is 2. The summed E-state index contributed by atoms with van der Waals surface area (Å²) in [4.78, 5) is 11.7. The first-order valence-electron chi connectivity index (χ1n) is 5.67. The van der Waals surface area contributed by atoms with E-state index in [1.165, 1.54) is 0 Å². The molecule has 2 unspecified atom stereocenters. The lowest BCUT2D eigenvalue weighted by atomic mass is 10.0. The molecule has 0 fully saturated rings. The Bertz CT molecular complexity index is 394. The van der Waals surface area contributed by atoms with Gasteiger partial charge in [0.1, 0.15) is 0 Å². The number of hydrogen-bond acceptors (Lipinski definition) is 2. The number of carbonyl (C=O) groups is 1. The van der Waals surface area contributed by atoms with E-state index >= 15 is 0 Å². The normalized spacial score (nSPS) is 13.5. The highest BCUT2D eigenvalue weighted by Crippen LogP contribution is 2.12. The molecule has 3 nitrogen and oxygen atoms in total. The van der Waals surface area contributed by atoms with E-state index < -0.39 is 0 Å². The summed E-state index contributed by atoms with van der Waals surface area (Å²) in [7, 11) is 0. The van der Waals surface area contributed by atoms with Crippen LogP contribution in [0.3, 0.4) is 0 Å². The van der Waals surface area contributed by atoms with Crippen LogP contribution in [0.1, 0.15) is 31.4 Å². The molecule has 1 aromatic rings. The predicted octanol–water partition coefficient (Wildman–Crippen LogP) is 1.60. The number of nitrogens with two attached hydrogens (primary N) is 1. The van der Waals surface area contributed by atoms with Crippen LogP contribution < -0.4 is 11.1 Å². The minimum Gasteiger partial charge on any atom is -0.353 e. The molecule has 1 rings (SSSR count). The monoisotopic (exact) mass is 230 g/mol. The van der Waals surface area contributed by atoms with Crippen LogP contribution in [-0.2, 0) is 4.79 Å².